The summed E-state index contributed by atoms with van der Waals surface area (Å²) >= 11 is 1.52. The zero-order valence-corrected chi connectivity index (χ0v) is 12.6. The molecule has 5 heteroatoms. The van der Waals surface area contributed by atoms with Crippen molar-refractivity contribution in [3.63, 3.8) is 0 Å². The zero-order chi connectivity index (χ0) is 13.8. The maximum atomic E-state index is 11.5. The molecule has 0 bridgehead atoms. The summed E-state index contributed by atoms with van der Waals surface area (Å²) in [7, 11) is 0. The number of hydrogen-bond acceptors (Lipinski definition) is 4. The van der Waals surface area contributed by atoms with Crippen molar-refractivity contribution in [2.75, 3.05) is 13.1 Å². The molecule has 0 radical (unpaired) electrons. The van der Waals surface area contributed by atoms with Crippen LogP contribution in [0.15, 0.2) is 6.07 Å². The van der Waals surface area contributed by atoms with Gasteiger partial charge in [0.1, 0.15) is 0 Å². The number of carbonyl (C=O) groups excluding carboxylic acids is 1. The summed E-state index contributed by atoms with van der Waals surface area (Å²) in [5.74, 6) is 5.89. The smallest absolute Gasteiger partial charge is 0.275 e. The quantitative estimate of drug-likeness (QED) is 0.458. The first kappa shape index (κ1) is 14.5. The fraction of sp³-hybridized carbons (Fsp3) is 0.643. The highest BCUT2D eigenvalue weighted by Crippen LogP contribution is 2.31. The van der Waals surface area contributed by atoms with Gasteiger partial charge in [0.15, 0.2) is 0 Å². The highest BCUT2D eigenvalue weighted by molar-refractivity contribution is 7.14. The molecular formula is C14H23N3OS. The predicted octanol–water partition coefficient (Wildman–Crippen LogP) is 2.28. The Labute approximate surface area is 118 Å². The van der Waals surface area contributed by atoms with Gasteiger partial charge in [0.05, 0.1) is 4.88 Å². The van der Waals surface area contributed by atoms with E-state index in [1.807, 2.05) is 6.07 Å². The van der Waals surface area contributed by atoms with E-state index in [9.17, 15) is 4.79 Å². The average Bonchev–Trinajstić information content (AvgIpc) is 3.13. The molecule has 1 fully saturated rings. The van der Waals surface area contributed by atoms with Crippen LogP contribution in [-0.4, -0.2) is 23.9 Å². The van der Waals surface area contributed by atoms with Crippen LogP contribution in [0.25, 0.3) is 0 Å². The second-order valence-corrected chi connectivity index (χ2v) is 6.60. The number of nitrogens with zero attached hydrogens (tertiary/aromatic N) is 1. The van der Waals surface area contributed by atoms with Crippen LogP contribution in [-0.2, 0) is 6.54 Å². The molecule has 1 heterocycles. The predicted molar refractivity (Wildman–Crippen MR) is 79.0 cm³/mol. The van der Waals surface area contributed by atoms with Crippen molar-refractivity contribution in [3.8, 4) is 0 Å². The molecule has 106 valence electrons. The summed E-state index contributed by atoms with van der Waals surface area (Å²) < 4.78 is 0. The van der Waals surface area contributed by atoms with Gasteiger partial charge in [0, 0.05) is 18.0 Å². The molecule has 2 rings (SSSR count). The molecule has 0 saturated heterocycles. The van der Waals surface area contributed by atoms with Crippen LogP contribution in [0.4, 0.5) is 0 Å². The lowest BCUT2D eigenvalue weighted by atomic mass is 10.2. The van der Waals surface area contributed by atoms with E-state index in [1.165, 1.54) is 47.6 Å². The van der Waals surface area contributed by atoms with Gasteiger partial charge >= 0.3 is 0 Å². The molecule has 0 aliphatic heterocycles. The van der Waals surface area contributed by atoms with Crippen LogP contribution in [0.1, 0.15) is 46.3 Å². The molecule has 19 heavy (non-hydrogen) atoms. The van der Waals surface area contributed by atoms with Gasteiger partial charge in [-0.3, -0.25) is 15.1 Å². The van der Waals surface area contributed by atoms with Crippen LogP contribution >= 0.6 is 11.3 Å². The van der Waals surface area contributed by atoms with Gasteiger partial charge in [0.2, 0.25) is 0 Å². The van der Waals surface area contributed by atoms with Gasteiger partial charge in [0.25, 0.3) is 5.91 Å². The van der Waals surface area contributed by atoms with Crippen molar-refractivity contribution >= 4 is 17.2 Å². The maximum absolute atomic E-state index is 11.5. The number of hydrazine groups is 1. The molecular weight excluding hydrogens is 258 g/mol. The van der Waals surface area contributed by atoms with E-state index in [1.54, 1.807) is 0 Å². The number of aryl methyl sites for hydroxylation is 1. The van der Waals surface area contributed by atoms with Gasteiger partial charge in [-0.2, -0.15) is 0 Å². The molecule has 0 aromatic carbocycles. The van der Waals surface area contributed by atoms with Gasteiger partial charge in [-0.25, -0.2) is 5.84 Å². The lowest BCUT2D eigenvalue weighted by molar-refractivity contribution is 0.0957. The van der Waals surface area contributed by atoms with Crippen LogP contribution in [0.5, 0.6) is 0 Å². The van der Waals surface area contributed by atoms with Crippen LogP contribution < -0.4 is 11.3 Å². The molecule has 1 aliphatic carbocycles. The van der Waals surface area contributed by atoms with Crippen molar-refractivity contribution in [2.24, 2.45) is 11.8 Å². The lowest BCUT2D eigenvalue weighted by Gasteiger charge is -2.21. The minimum Gasteiger partial charge on any atom is -0.299 e. The molecule has 3 N–H and O–H groups in total. The van der Waals surface area contributed by atoms with E-state index < -0.39 is 0 Å². The van der Waals surface area contributed by atoms with Gasteiger partial charge in [-0.1, -0.05) is 6.92 Å². The fourth-order valence-electron chi connectivity index (χ4n) is 2.32. The third kappa shape index (κ3) is 4.03. The second kappa shape index (κ2) is 6.50. The van der Waals surface area contributed by atoms with Crippen LogP contribution in [0.2, 0.25) is 0 Å². The molecule has 0 spiro atoms. The molecule has 0 unspecified atom stereocenters. The zero-order valence-electron chi connectivity index (χ0n) is 11.7. The Morgan fingerprint density at radius 3 is 2.89 bits per heavy atom. The highest BCUT2D eigenvalue weighted by atomic mass is 32.1. The van der Waals surface area contributed by atoms with Crippen molar-refractivity contribution in [1.29, 1.82) is 0 Å². The molecule has 1 aromatic heterocycles. The largest absolute Gasteiger partial charge is 0.299 e. The summed E-state index contributed by atoms with van der Waals surface area (Å²) in [6.45, 7) is 7.57. The second-order valence-electron chi connectivity index (χ2n) is 5.34. The van der Waals surface area contributed by atoms with Crippen molar-refractivity contribution in [2.45, 2.75) is 39.7 Å². The normalized spacial score (nSPS) is 14.9. The first-order valence-electron chi connectivity index (χ1n) is 6.96. The van der Waals surface area contributed by atoms with E-state index in [0.717, 1.165) is 19.0 Å². The SMILES string of the molecule is CCCN(Cc1cc(C(=O)NN)sc1C)CC1CC1. The standard InChI is InChI=1S/C14H23N3OS/c1-3-6-17(8-11-4-5-11)9-12-7-13(14(18)16-15)19-10(12)2/h7,11H,3-6,8-9,15H2,1-2H3,(H,16,18). The topological polar surface area (TPSA) is 58.4 Å². The van der Waals surface area contributed by atoms with Crippen LogP contribution in [0, 0.1) is 12.8 Å². The number of rotatable bonds is 7. The summed E-state index contributed by atoms with van der Waals surface area (Å²) in [6.07, 6.45) is 3.93. The molecule has 1 aliphatic rings. The Morgan fingerprint density at radius 1 is 1.58 bits per heavy atom. The minimum absolute atomic E-state index is 0.191. The Kier molecular flexibility index (Phi) is 4.96. The Bertz CT molecular complexity index is 440. The Morgan fingerprint density at radius 2 is 2.32 bits per heavy atom. The maximum Gasteiger partial charge on any atom is 0.275 e. The molecule has 1 saturated carbocycles. The van der Waals surface area contributed by atoms with E-state index in [4.69, 9.17) is 5.84 Å². The van der Waals surface area contributed by atoms with Gasteiger partial charge in [-0.15, -0.1) is 11.3 Å². The van der Waals surface area contributed by atoms with Gasteiger partial charge < -0.3 is 0 Å². The number of nitrogens with one attached hydrogen (secondary N) is 1. The summed E-state index contributed by atoms with van der Waals surface area (Å²) in [4.78, 5) is 16.0. The van der Waals surface area contributed by atoms with Crippen molar-refractivity contribution in [1.82, 2.24) is 10.3 Å². The number of nitrogens with two attached hydrogens (primary N) is 1. The van der Waals surface area contributed by atoms with E-state index in [0.29, 0.717) is 4.88 Å². The van der Waals surface area contributed by atoms with Crippen molar-refractivity contribution in [3.05, 3.63) is 21.4 Å². The lowest BCUT2D eigenvalue weighted by Crippen LogP contribution is -2.29. The molecule has 1 aromatic rings. The molecule has 4 nitrogen and oxygen atoms in total. The fourth-order valence-corrected chi connectivity index (χ4v) is 3.25. The molecule has 0 atom stereocenters. The first-order valence-corrected chi connectivity index (χ1v) is 7.78. The number of amides is 1. The summed E-state index contributed by atoms with van der Waals surface area (Å²) in [6, 6.07) is 1.98. The molecule has 1 amide bonds. The third-order valence-electron chi connectivity index (χ3n) is 3.52. The number of nitrogen functional groups attached to an aromatic ring is 1. The van der Waals surface area contributed by atoms with E-state index >= 15 is 0 Å². The van der Waals surface area contributed by atoms with E-state index in [-0.39, 0.29) is 5.91 Å². The van der Waals surface area contributed by atoms with Crippen molar-refractivity contribution < 1.29 is 4.79 Å². The Balaban J connectivity index is 2.02. The van der Waals surface area contributed by atoms with E-state index in [2.05, 4.69) is 24.2 Å². The number of thiophene rings is 1. The first-order chi connectivity index (χ1) is 9.13. The third-order valence-corrected chi connectivity index (χ3v) is 4.61. The summed E-state index contributed by atoms with van der Waals surface area (Å²) in [5, 5.41) is 0. The number of hydrogen-bond donors (Lipinski definition) is 2. The average molecular weight is 281 g/mol. The number of carbonyl (C=O) groups is 1. The highest BCUT2D eigenvalue weighted by Gasteiger charge is 2.24. The summed E-state index contributed by atoms with van der Waals surface area (Å²) in [5.41, 5.74) is 3.46. The Hall–Kier alpha value is -0.910. The minimum atomic E-state index is -0.191. The van der Waals surface area contributed by atoms with Gasteiger partial charge in [-0.05, 0) is 50.3 Å². The monoisotopic (exact) mass is 281 g/mol. The van der Waals surface area contributed by atoms with Crippen LogP contribution in [0.3, 0.4) is 0 Å².